The topological polar surface area (TPSA) is 121 Å². The lowest BCUT2D eigenvalue weighted by Gasteiger charge is -2.07. The van der Waals surface area contributed by atoms with Crippen molar-refractivity contribution in [2.24, 2.45) is 0 Å². The summed E-state index contributed by atoms with van der Waals surface area (Å²) in [7, 11) is -2.53. The summed E-state index contributed by atoms with van der Waals surface area (Å²) in [6.07, 6.45) is 0. The van der Waals surface area contributed by atoms with Crippen molar-refractivity contribution in [3.8, 4) is 5.75 Å². The minimum atomic E-state index is -4.37. The van der Waals surface area contributed by atoms with E-state index in [1.165, 1.54) is 0 Å². The summed E-state index contributed by atoms with van der Waals surface area (Å²) in [5.41, 5.74) is -1.01. The van der Waals surface area contributed by atoms with Crippen LogP contribution in [-0.4, -0.2) is 40.4 Å². The van der Waals surface area contributed by atoms with Crippen LogP contribution < -0.4 is 4.74 Å². The van der Waals surface area contributed by atoms with E-state index in [9.17, 15) is 31.3 Å². The second kappa shape index (κ2) is 6.12. The highest BCUT2D eigenvalue weighted by Crippen LogP contribution is 2.31. The molecule has 0 fully saturated rings. The van der Waals surface area contributed by atoms with Crippen LogP contribution in [0.3, 0.4) is 0 Å². The fourth-order valence-corrected chi connectivity index (χ4v) is 4.59. The van der Waals surface area contributed by atoms with Crippen molar-refractivity contribution < 1.29 is 30.9 Å². The number of nitro groups is 1. The van der Waals surface area contributed by atoms with Gasteiger partial charge in [-0.25, -0.2) is 21.2 Å². The summed E-state index contributed by atoms with van der Waals surface area (Å²) in [6.45, 7) is 0. The lowest BCUT2D eigenvalue weighted by atomic mass is 10.3. The summed E-state index contributed by atoms with van der Waals surface area (Å²) >= 11 is 0. The van der Waals surface area contributed by atoms with Crippen LogP contribution in [0.15, 0.2) is 17.0 Å². The smallest absolute Gasteiger partial charge is 0.291 e. The number of rotatable bonds is 6. The quantitative estimate of drug-likeness (QED) is 0.321. The standard InChI is InChI=1S/C9H9ClFNO7S2/c1-19-8-5-9(7(12(13)14)4-6(8)11)20(15,16)2-3-21(10,17)18/h4-5H,2-3H2,1H3. The second-order valence-electron chi connectivity index (χ2n) is 3.77. The molecule has 0 saturated heterocycles. The molecule has 0 heterocycles. The number of hydrogen-bond acceptors (Lipinski definition) is 7. The van der Waals surface area contributed by atoms with Crippen molar-refractivity contribution in [1.82, 2.24) is 0 Å². The number of hydrogen-bond donors (Lipinski definition) is 0. The van der Waals surface area contributed by atoms with Crippen molar-refractivity contribution in [2.45, 2.75) is 4.90 Å². The van der Waals surface area contributed by atoms with Crippen molar-refractivity contribution in [2.75, 3.05) is 18.6 Å². The Morgan fingerprint density at radius 1 is 1.29 bits per heavy atom. The average molecular weight is 362 g/mol. The van der Waals surface area contributed by atoms with Gasteiger partial charge in [-0.2, -0.15) is 0 Å². The first kappa shape index (κ1) is 17.6. The van der Waals surface area contributed by atoms with Gasteiger partial charge in [0, 0.05) is 16.7 Å². The Hall–Kier alpha value is -1.46. The monoisotopic (exact) mass is 361 g/mol. The molecule has 12 heteroatoms. The van der Waals surface area contributed by atoms with E-state index >= 15 is 0 Å². The molecule has 0 amide bonds. The maximum atomic E-state index is 13.4. The van der Waals surface area contributed by atoms with Crippen LogP contribution in [0.25, 0.3) is 0 Å². The maximum Gasteiger partial charge on any atom is 0.291 e. The molecular weight excluding hydrogens is 353 g/mol. The minimum Gasteiger partial charge on any atom is -0.494 e. The molecule has 118 valence electrons. The molecule has 0 aliphatic heterocycles. The van der Waals surface area contributed by atoms with Gasteiger partial charge in [0.25, 0.3) is 5.69 Å². The lowest BCUT2D eigenvalue weighted by Crippen LogP contribution is -2.16. The second-order valence-corrected chi connectivity index (χ2v) is 8.75. The summed E-state index contributed by atoms with van der Waals surface area (Å²) in [5.74, 6) is -3.55. The van der Waals surface area contributed by atoms with E-state index in [0.717, 1.165) is 7.11 Å². The van der Waals surface area contributed by atoms with Crippen molar-refractivity contribution in [3.63, 3.8) is 0 Å². The number of ether oxygens (including phenoxy) is 1. The Morgan fingerprint density at radius 2 is 1.86 bits per heavy atom. The zero-order valence-electron chi connectivity index (χ0n) is 10.4. The van der Waals surface area contributed by atoms with Gasteiger partial charge in [-0.05, 0) is 0 Å². The highest BCUT2D eigenvalue weighted by atomic mass is 35.7. The molecule has 1 rings (SSSR count). The van der Waals surface area contributed by atoms with Crippen LogP contribution >= 0.6 is 10.7 Å². The van der Waals surface area contributed by atoms with Crippen molar-refractivity contribution in [3.05, 3.63) is 28.1 Å². The molecule has 1 aromatic rings. The first-order valence-corrected chi connectivity index (χ1v) is 9.28. The van der Waals surface area contributed by atoms with Gasteiger partial charge in [0.05, 0.1) is 29.6 Å². The number of methoxy groups -OCH3 is 1. The largest absolute Gasteiger partial charge is 0.494 e. The maximum absolute atomic E-state index is 13.4. The molecule has 0 radical (unpaired) electrons. The van der Waals surface area contributed by atoms with Crippen molar-refractivity contribution in [1.29, 1.82) is 0 Å². The summed E-state index contributed by atoms with van der Waals surface area (Å²) in [4.78, 5) is 8.88. The first-order valence-electron chi connectivity index (χ1n) is 5.15. The molecule has 8 nitrogen and oxygen atoms in total. The minimum absolute atomic E-state index is 0.390. The first-order chi connectivity index (χ1) is 9.48. The highest BCUT2D eigenvalue weighted by Gasteiger charge is 2.29. The molecule has 0 atom stereocenters. The molecule has 0 unspecified atom stereocenters. The van der Waals surface area contributed by atoms with Gasteiger partial charge in [-0.1, -0.05) is 0 Å². The lowest BCUT2D eigenvalue weighted by molar-refractivity contribution is -0.388. The molecule has 0 saturated carbocycles. The van der Waals surface area contributed by atoms with Gasteiger partial charge < -0.3 is 4.74 Å². The van der Waals surface area contributed by atoms with Gasteiger partial charge in [0.1, 0.15) is 4.90 Å². The third-order valence-electron chi connectivity index (χ3n) is 2.36. The van der Waals surface area contributed by atoms with Gasteiger partial charge in [0.2, 0.25) is 9.05 Å². The normalized spacial score (nSPS) is 12.1. The average Bonchev–Trinajstić information content (AvgIpc) is 2.35. The molecule has 21 heavy (non-hydrogen) atoms. The van der Waals surface area contributed by atoms with Crippen molar-refractivity contribution >= 4 is 35.3 Å². The Kier molecular flexibility index (Phi) is 5.12. The van der Waals surface area contributed by atoms with Crippen LogP contribution in [-0.2, 0) is 18.9 Å². The highest BCUT2D eigenvalue weighted by molar-refractivity contribution is 8.14. The predicted octanol–water partition coefficient (Wildman–Crippen LogP) is 1.08. The van der Waals surface area contributed by atoms with Gasteiger partial charge in [-0.15, -0.1) is 0 Å². The Balaban J connectivity index is 3.42. The Bertz CT molecular complexity index is 776. The zero-order valence-corrected chi connectivity index (χ0v) is 12.8. The number of nitrogens with zero attached hydrogens (tertiary/aromatic N) is 1. The molecule has 0 N–H and O–H groups in total. The van der Waals surface area contributed by atoms with Crippen LogP contribution in [0, 0.1) is 15.9 Å². The van der Waals surface area contributed by atoms with Crippen LogP contribution in [0.5, 0.6) is 5.75 Å². The van der Waals surface area contributed by atoms with Crippen LogP contribution in [0.2, 0.25) is 0 Å². The van der Waals surface area contributed by atoms with E-state index in [4.69, 9.17) is 10.7 Å². The van der Waals surface area contributed by atoms with Gasteiger partial charge in [0.15, 0.2) is 21.4 Å². The third kappa shape index (κ3) is 4.51. The Labute approximate surface area is 124 Å². The van der Waals surface area contributed by atoms with Gasteiger partial charge >= 0.3 is 0 Å². The van der Waals surface area contributed by atoms with E-state index in [2.05, 4.69) is 4.74 Å². The predicted molar refractivity (Wildman–Crippen MR) is 71.3 cm³/mol. The SMILES string of the molecule is COc1cc(S(=O)(=O)CCS(=O)(=O)Cl)c([N+](=O)[O-])cc1F. The molecular formula is C9H9ClFNO7S2. The molecule has 0 aliphatic rings. The number of sulfone groups is 1. The van der Waals surface area contributed by atoms with E-state index in [-0.39, 0.29) is 0 Å². The number of nitro benzene ring substituents is 1. The van der Waals surface area contributed by atoms with Gasteiger partial charge in [-0.3, -0.25) is 10.1 Å². The number of halogens is 2. The molecule has 0 bridgehead atoms. The van der Waals surface area contributed by atoms with E-state index in [1.807, 2.05) is 0 Å². The van der Waals surface area contributed by atoms with E-state index in [1.54, 1.807) is 0 Å². The summed E-state index contributed by atoms with van der Waals surface area (Å²) in [5, 5.41) is 10.8. The molecule has 0 spiro atoms. The Morgan fingerprint density at radius 3 is 2.29 bits per heavy atom. The fourth-order valence-electron chi connectivity index (χ4n) is 1.39. The van der Waals surface area contributed by atoms with Crippen LogP contribution in [0.4, 0.5) is 10.1 Å². The third-order valence-corrected chi connectivity index (χ3v) is 5.51. The summed E-state index contributed by atoms with van der Waals surface area (Å²) < 4.78 is 63.5. The molecule has 0 aliphatic carbocycles. The fraction of sp³-hybridized carbons (Fsp3) is 0.333. The van der Waals surface area contributed by atoms with E-state index in [0.29, 0.717) is 12.1 Å². The number of benzene rings is 1. The van der Waals surface area contributed by atoms with Crippen LogP contribution in [0.1, 0.15) is 0 Å². The molecule has 1 aromatic carbocycles. The zero-order chi connectivity index (χ0) is 16.4. The molecule has 0 aromatic heterocycles. The summed E-state index contributed by atoms with van der Waals surface area (Å²) in [6, 6.07) is 1.02. The van der Waals surface area contributed by atoms with E-state index < -0.39 is 57.5 Å².